The predicted molar refractivity (Wildman–Crippen MR) is 58.3 cm³/mol. The van der Waals surface area contributed by atoms with E-state index in [4.69, 9.17) is 5.11 Å². The van der Waals surface area contributed by atoms with Gasteiger partial charge in [-0.25, -0.2) is 0 Å². The SMILES string of the molecule is CC1C(C(=O)O)CCN1CCCOCC(F)(F)F. The highest BCUT2D eigenvalue weighted by atomic mass is 19.4. The number of likely N-dealkylation sites (tertiary alicyclic amines) is 1. The first-order chi connectivity index (χ1) is 8.31. The van der Waals surface area contributed by atoms with Gasteiger partial charge in [0.15, 0.2) is 0 Å². The van der Waals surface area contributed by atoms with E-state index in [0.29, 0.717) is 25.9 Å². The van der Waals surface area contributed by atoms with E-state index in [1.54, 1.807) is 0 Å². The second-order valence-corrected chi connectivity index (χ2v) is 4.53. The van der Waals surface area contributed by atoms with E-state index in [-0.39, 0.29) is 18.6 Å². The smallest absolute Gasteiger partial charge is 0.411 e. The molecule has 0 aliphatic carbocycles. The van der Waals surface area contributed by atoms with E-state index < -0.39 is 18.8 Å². The summed E-state index contributed by atoms with van der Waals surface area (Å²) in [5, 5.41) is 8.92. The number of carboxylic acid groups (broad SMARTS) is 1. The summed E-state index contributed by atoms with van der Waals surface area (Å²) in [6.07, 6.45) is -3.21. The lowest BCUT2D eigenvalue weighted by Crippen LogP contribution is -2.34. The summed E-state index contributed by atoms with van der Waals surface area (Å²) in [4.78, 5) is 12.8. The van der Waals surface area contributed by atoms with Crippen molar-refractivity contribution >= 4 is 5.97 Å². The Bertz CT molecular complexity index is 283. The standard InChI is InChI=1S/C11H18F3NO3/c1-8-9(10(16)17)3-5-15(8)4-2-6-18-7-11(12,13)14/h8-9H,2-7H2,1H3,(H,16,17). The fourth-order valence-electron chi connectivity index (χ4n) is 2.21. The monoisotopic (exact) mass is 269 g/mol. The van der Waals surface area contributed by atoms with Gasteiger partial charge in [-0.2, -0.15) is 13.2 Å². The third-order valence-corrected chi connectivity index (χ3v) is 3.20. The summed E-state index contributed by atoms with van der Waals surface area (Å²) >= 11 is 0. The van der Waals surface area contributed by atoms with Gasteiger partial charge in [-0.1, -0.05) is 0 Å². The zero-order chi connectivity index (χ0) is 13.8. The van der Waals surface area contributed by atoms with Crippen LogP contribution in [-0.2, 0) is 9.53 Å². The number of alkyl halides is 3. The molecule has 4 nitrogen and oxygen atoms in total. The van der Waals surface area contributed by atoms with Gasteiger partial charge in [0.05, 0.1) is 5.92 Å². The molecule has 0 amide bonds. The highest BCUT2D eigenvalue weighted by Gasteiger charge is 2.35. The molecule has 1 rings (SSSR count). The molecular formula is C11H18F3NO3. The highest BCUT2D eigenvalue weighted by molar-refractivity contribution is 5.71. The third-order valence-electron chi connectivity index (χ3n) is 3.20. The first-order valence-electron chi connectivity index (χ1n) is 5.92. The van der Waals surface area contributed by atoms with Crippen LogP contribution in [0.4, 0.5) is 13.2 Å². The van der Waals surface area contributed by atoms with Gasteiger partial charge in [0, 0.05) is 19.2 Å². The van der Waals surface area contributed by atoms with E-state index in [9.17, 15) is 18.0 Å². The van der Waals surface area contributed by atoms with Crippen molar-refractivity contribution in [3.63, 3.8) is 0 Å². The van der Waals surface area contributed by atoms with Crippen molar-refractivity contribution in [1.29, 1.82) is 0 Å². The highest BCUT2D eigenvalue weighted by Crippen LogP contribution is 2.24. The van der Waals surface area contributed by atoms with Gasteiger partial charge in [0.1, 0.15) is 6.61 Å². The topological polar surface area (TPSA) is 49.8 Å². The Hall–Kier alpha value is -0.820. The Labute approximate surface area is 104 Å². The van der Waals surface area contributed by atoms with Gasteiger partial charge in [0.2, 0.25) is 0 Å². The van der Waals surface area contributed by atoms with Crippen LogP contribution < -0.4 is 0 Å². The molecule has 106 valence electrons. The minimum absolute atomic E-state index is 0.0421. The first kappa shape index (κ1) is 15.2. The molecule has 1 heterocycles. The van der Waals surface area contributed by atoms with E-state index in [1.165, 1.54) is 0 Å². The minimum Gasteiger partial charge on any atom is -0.481 e. The van der Waals surface area contributed by atoms with Crippen LogP contribution in [0.15, 0.2) is 0 Å². The summed E-state index contributed by atoms with van der Waals surface area (Å²) in [5.74, 6) is -1.18. The van der Waals surface area contributed by atoms with Crippen LogP contribution in [0.25, 0.3) is 0 Å². The fourth-order valence-corrected chi connectivity index (χ4v) is 2.21. The average molecular weight is 269 g/mol. The van der Waals surface area contributed by atoms with E-state index in [0.717, 1.165) is 0 Å². The van der Waals surface area contributed by atoms with Crippen LogP contribution in [-0.4, -0.2) is 54.5 Å². The molecule has 1 N–H and O–H groups in total. The molecule has 1 aliphatic rings. The number of carboxylic acids is 1. The first-order valence-corrected chi connectivity index (χ1v) is 5.92. The predicted octanol–water partition coefficient (Wildman–Crippen LogP) is 1.75. The number of nitrogens with zero attached hydrogens (tertiary/aromatic N) is 1. The zero-order valence-corrected chi connectivity index (χ0v) is 10.2. The zero-order valence-electron chi connectivity index (χ0n) is 10.2. The summed E-state index contributed by atoms with van der Waals surface area (Å²) in [6.45, 7) is 1.91. The van der Waals surface area contributed by atoms with Crippen molar-refractivity contribution in [3.05, 3.63) is 0 Å². The normalized spacial score (nSPS) is 25.6. The molecule has 1 fully saturated rings. The van der Waals surface area contributed by atoms with Gasteiger partial charge in [-0.05, 0) is 26.3 Å². The van der Waals surface area contributed by atoms with Crippen LogP contribution in [0.2, 0.25) is 0 Å². The van der Waals surface area contributed by atoms with Gasteiger partial charge < -0.3 is 9.84 Å². The third kappa shape index (κ3) is 4.81. The number of hydrogen-bond donors (Lipinski definition) is 1. The maximum Gasteiger partial charge on any atom is 0.411 e. The van der Waals surface area contributed by atoms with Gasteiger partial charge in [-0.3, -0.25) is 9.69 Å². The maximum atomic E-state index is 11.8. The van der Waals surface area contributed by atoms with Gasteiger partial charge >= 0.3 is 12.1 Å². The lowest BCUT2D eigenvalue weighted by atomic mass is 10.0. The number of halogens is 3. The quantitative estimate of drug-likeness (QED) is 0.746. The fraction of sp³-hybridized carbons (Fsp3) is 0.909. The van der Waals surface area contributed by atoms with Crippen LogP contribution in [0, 0.1) is 5.92 Å². The van der Waals surface area contributed by atoms with Crippen LogP contribution >= 0.6 is 0 Å². The molecule has 0 spiro atoms. The Morgan fingerprint density at radius 3 is 2.67 bits per heavy atom. The van der Waals surface area contributed by atoms with Crippen LogP contribution in [0.1, 0.15) is 19.8 Å². The number of hydrogen-bond acceptors (Lipinski definition) is 3. The van der Waals surface area contributed by atoms with E-state index in [1.807, 2.05) is 11.8 Å². The summed E-state index contributed by atoms with van der Waals surface area (Å²) in [5.41, 5.74) is 0. The lowest BCUT2D eigenvalue weighted by Gasteiger charge is -2.22. The Morgan fingerprint density at radius 1 is 1.50 bits per heavy atom. The number of aliphatic carboxylic acids is 1. The van der Waals surface area contributed by atoms with Crippen LogP contribution in [0.5, 0.6) is 0 Å². The van der Waals surface area contributed by atoms with Crippen LogP contribution in [0.3, 0.4) is 0 Å². The molecule has 0 saturated carbocycles. The van der Waals surface area contributed by atoms with Crippen molar-refractivity contribution in [3.8, 4) is 0 Å². The molecule has 1 aliphatic heterocycles. The molecule has 0 aromatic heterocycles. The molecule has 0 aromatic carbocycles. The number of rotatable bonds is 6. The second-order valence-electron chi connectivity index (χ2n) is 4.53. The van der Waals surface area contributed by atoms with Gasteiger partial charge in [0.25, 0.3) is 0 Å². The lowest BCUT2D eigenvalue weighted by molar-refractivity contribution is -0.174. The Kier molecular flexibility index (Phi) is 5.40. The molecule has 18 heavy (non-hydrogen) atoms. The summed E-state index contributed by atoms with van der Waals surface area (Å²) in [7, 11) is 0. The molecule has 1 saturated heterocycles. The minimum atomic E-state index is -4.28. The van der Waals surface area contributed by atoms with Crippen molar-refractivity contribution in [2.24, 2.45) is 5.92 Å². The number of ether oxygens (including phenoxy) is 1. The second kappa shape index (κ2) is 6.38. The molecule has 7 heteroatoms. The average Bonchev–Trinajstić information content (AvgIpc) is 2.58. The maximum absolute atomic E-state index is 11.8. The van der Waals surface area contributed by atoms with Crippen molar-refractivity contribution in [2.45, 2.75) is 32.0 Å². The van der Waals surface area contributed by atoms with Crippen molar-refractivity contribution in [1.82, 2.24) is 4.90 Å². The summed E-state index contributed by atoms with van der Waals surface area (Å²) in [6, 6.07) is -0.0647. The number of carbonyl (C=O) groups is 1. The van der Waals surface area contributed by atoms with Crippen molar-refractivity contribution in [2.75, 3.05) is 26.3 Å². The van der Waals surface area contributed by atoms with Crippen molar-refractivity contribution < 1.29 is 27.8 Å². The largest absolute Gasteiger partial charge is 0.481 e. The Morgan fingerprint density at radius 2 is 2.17 bits per heavy atom. The molecule has 0 radical (unpaired) electrons. The molecule has 2 atom stereocenters. The molecule has 0 bridgehead atoms. The van der Waals surface area contributed by atoms with Gasteiger partial charge in [-0.15, -0.1) is 0 Å². The van der Waals surface area contributed by atoms with E-state index >= 15 is 0 Å². The summed E-state index contributed by atoms with van der Waals surface area (Å²) < 4.78 is 39.9. The molecular weight excluding hydrogens is 251 g/mol. The Balaban J connectivity index is 2.16. The molecule has 0 aromatic rings. The molecule has 2 unspecified atom stereocenters. The van der Waals surface area contributed by atoms with E-state index in [2.05, 4.69) is 4.74 Å².